The summed E-state index contributed by atoms with van der Waals surface area (Å²) in [5.41, 5.74) is 2.53. The van der Waals surface area contributed by atoms with E-state index in [2.05, 4.69) is 59.8 Å². The zero-order chi connectivity index (χ0) is 19.6. The molecule has 0 N–H and O–H groups in total. The van der Waals surface area contributed by atoms with Crippen LogP contribution >= 0.6 is 11.8 Å². The minimum atomic E-state index is 0.0945. The fourth-order valence-electron chi connectivity index (χ4n) is 3.44. The summed E-state index contributed by atoms with van der Waals surface area (Å²) >= 11 is 1.49. The van der Waals surface area contributed by atoms with Crippen molar-refractivity contribution in [2.24, 2.45) is 0 Å². The molecule has 0 spiro atoms. The van der Waals surface area contributed by atoms with Crippen molar-refractivity contribution in [3.05, 3.63) is 29.8 Å². The predicted molar refractivity (Wildman–Crippen MR) is 111 cm³/mol. The fourth-order valence-corrected chi connectivity index (χ4v) is 4.42. The van der Waals surface area contributed by atoms with Crippen molar-refractivity contribution in [1.29, 1.82) is 0 Å². The lowest BCUT2D eigenvalue weighted by Crippen LogP contribution is -2.23. The zero-order valence-corrected chi connectivity index (χ0v) is 17.8. The molecule has 1 aliphatic rings. The van der Waals surface area contributed by atoms with Crippen LogP contribution in [-0.4, -0.2) is 45.4 Å². The lowest BCUT2D eigenvalue weighted by atomic mass is 9.86. The standard InChI is InChI=1S/C21H30N4OS/c1-21(2,3)16-12-10-15(11-13-16)19-22-23-20(27-14-18(26)24(4)5)25(19)17-8-6-7-9-17/h10-13,17H,6-9,14H2,1-5H3. The molecule has 0 saturated heterocycles. The highest BCUT2D eigenvalue weighted by Crippen LogP contribution is 2.37. The second kappa shape index (κ2) is 8.05. The van der Waals surface area contributed by atoms with Gasteiger partial charge < -0.3 is 4.90 Å². The van der Waals surface area contributed by atoms with Gasteiger partial charge >= 0.3 is 0 Å². The van der Waals surface area contributed by atoms with Crippen molar-refractivity contribution < 1.29 is 4.79 Å². The van der Waals surface area contributed by atoms with Crippen LogP contribution in [0.3, 0.4) is 0 Å². The lowest BCUT2D eigenvalue weighted by molar-refractivity contribution is -0.125. The van der Waals surface area contributed by atoms with Crippen molar-refractivity contribution in [3.63, 3.8) is 0 Å². The number of thioether (sulfide) groups is 1. The maximum Gasteiger partial charge on any atom is 0.232 e. The van der Waals surface area contributed by atoms with E-state index >= 15 is 0 Å². The van der Waals surface area contributed by atoms with Gasteiger partial charge in [-0.1, -0.05) is 69.6 Å². The highest BCUT2D eigenvalue weighted by Gasteiger charge is 2.25. The van der Waals surface area contributed by atoms with Crippen LogP contribution in [-0.2, 0) is 10.2 Å². The predicted octanol–water partition coefficient (Wildman–Crippen LogP) is 4.54. The SMILES string of the molecule is CN(C)C(=O)CSc1nnc(-c2ccc(C(C)(C)C)cc2)n1C1CCCC1. The highest BCUT2D eigenvalue weighted by molar-refractivity contribution is 7.99. The van der Waals surface area contributed by atoms with Gasteiger partial charge in [0.05, 0.1) is 5.75 Å². The van der Waals surface area contributed by atoms with E-state index in [0.29, 0.717) is 11.8 Å². The second-order valence-corrected chi connectivity index (χ2v) is 9.46. The summed E-state index contributed by atoms with van der Waals surface area (Å²) in [6.45, 7) is 6.67. The van der Waals surface area contributed by atoms with Crippen molar-refractivity contribution in [2.75, 3.05) is 19.8 Å². The van der Waals surface area contributed by atoms with Gasteiger partial charge in [-0.05, 0) is 23.8 Å². The van der Waals surface area contributed by atoms with Crippen molar-refractivity contribution in [1.82, 2.24) is 19.7 Å². The molecule has 1 amide bonds. The van der Waals surface area contributed by atoms with Gasteiger partial charge in [-0.2, -0.15) is 0 Å². The minimum absolute atomic E-state index is 0.0945. The number of rotatable bonds is 5. The first-order chi connectivity index (χ1) is 12.8. The first-order valence-electron chi connectivity index (χ1n) is 9.66. The maximum atomic E-state index is 12.0. The average molecular weight is 387 g/mol. The van der Waals surface area contributed by atoms with Crippen molar-refractivity contribution in [2.45, 2.75) is 63.1 Å². The molecule has 27 heavy (non-hydrogen) atoms. The van der Waals surface area contributed by atoms with Crippen LogP contribution in [0.15, 0.2) is 29.4 Å². The Morgan fingerprint density at radius 3 is 2.33 bits per heavy atom. The summed E-state index contributed by atoms with van der Waals surface area (Å²) in [7, 11) is 3.57. The number of carbonyl (C=O) groups is 1. The third-order valence-corrected chi connectivity index (χ3v) is 6.11. The van der Waals surface area contributed by atoms with Crippen LogP contribution in [0.25, 0.3) is 11.4 Å². The van der Waals surface area contributed by atoms with Gasteiger partial charge in [0, 0.05) is 25.7 Å². The van der Waals surface area contributed by atoms with Gasteiger partial charge in [-0.25, -0.2) is 0 Å². The molecule has 1 saturated carbocycles. The molecule has 6 heteroatoms. The van der Waals surface area contributed by atoms with E-state index in [9.17, 15) is 4.79 Å². The number of carbonyl (C=O) groups excluding carboxylic acids is 1. The number of nitrogens with zero attached hydrogens (tertiary/aromatic N) is 4. The Balaban J connectivity index is 1.91. The van der Waals surface area contributed by atoms with Gasteiger partial charge in [-0.3, -0.25) is 9.36 Å². The molecule has 3 rings (SSSR count). The van der Waals surface area contributed by atoms with Crippen LogP contribution in [0, 0.1) is 0 Å². The monoisotopic (exact) mass is 386 g/mol. The van der Waals surface area contributed by atoms with E-state index in [4.69, 9.17) is 0 Å². The first-order valence-corrected chi connectivity index (χ1v) is 10.6. The van der Waals surface area contributed by atoms with Crippen molar-refractivity contribution in [3.8, 4) is 11.4 Å². The van der Waals surface area contributed by atoms with Crippen LogP contribution < -0.4 is 0 Å². The summed E-state index contributed by atoms with van der Waals surface area (Å²) in [5.74, 6) is 1.40. The summed E-state index contributed by atoms with van der Waals surface area (Å²) in [6.07, 6.45) is 4.79. The molecule has 2 aromatic rings. The Labute approximate surface area is 166 Å². The number of amides is 1. The quantitative estimate of drug-likeness (QED) is 0.708. The Hall–Kier alpha value is -1.82. The summed E-state index contributed by atoms with van der Waals surface area (Å²) in [6, 6.07) is 9.09. The maximum absolute atomic E-state index is 12.0. The Morgan fingerprint density at radius 1 is 1.15 bits per heavy atom. The van der Waals surface area contributed by atoms with Crippen molar-refractivity contribution >= 4 is 17.7 Å². The van der Waals surface area contributed by atoms with Crippen LogP contribution in [0.2, 0.25) is 0 Å². The van der Waals surface area contributed by atoms with Gasteiger partial charge in [-0.15, -0.1) is 10.2 Å². The third-order valence-electron chi connectivity index (χ3n) is 5.19. The molecular formula is C21H30N4OS. The average Bonchev–Trinajstić information content (AvgIpc) is 3.28. The molecule has 5 nitrogen and oxygen atoms in total. The van der Waals surface area contributed by atoms with E-state index in [0.717, 1.165) is 29.4 Å². The molecule has 1 aromatic heterocycles. The molecule has 0 radical (unpaired) electrons. The van der Waals surface area contributed by atoms with Gasteiger partial charge in [0.25, 0.3) is 0 Å². The molecule has 0 bridgehead atoms. The largest absolute Gasteiger partial charge is 0.348 e. The fraction of sp³-hybridized carbons (Fsp3) is 0.571. The first kappa shape index (κ1) is 19.9. The summed E-state index contributed by atoms with van der Waals surface area (Å²) < 4.78 is 2.27. The molecule has 1 aliphatic carbocycles. The van der Waals surface area contributed by atoms with Gasteiger partial charge in [0.2, 0.25) is 5.91 Å². The normalized spacial score (nSPS) is 15.3. The Morgan fingerprint density at radius 2 is 1.78 bits per heavy atom. The Kier molecular flexibility index (Phi) is 5.94. The van der Waals surface area contributed by atoms with Gasteiger partial charge in [0.15, 0.2) is 11.0 Å². The number of aromatic nitrogens is 3. The molecule has 1 fully saturated rings. The topological polar surface area (TPSA) is 51.0 Å². The molecule has 0 aliphatic heterocycles. The van der Waals surface area contributed by atoms with E-state index in [1.807, 2.05) is 0 Å². The number of hydrogen-bond donors (Lipinski definition) is 0. The van der Waals surface area contributed by atoms with Crippen LogP contribution in [0.5, 0.6) is 0 Å². The number of benzene rings is 1. The summed E-state index contributed by atoms with van der Waals surface area (Å²) in [4.78, 5) is 13.6. The van der Waals surface area contributed by atoms with E-state index in [1.165, 1.54) is 30.2 Å². The lowest BCUT2D eigenvalue weighted by Gasteiger charge is -2.20. The summed E-state index contributed by atoms with van der Waals surface area (Å²) in [5, 5.41) is 9.81. The smallest absolute Gasteiger partial charge is 0.232 e. The minimum Gasteiger partial charge on any atom is -0.348 e. The highest BCUT2D eigenvalue weighted by atomic mass is 32.2. The van der Waals surface area contributed by atoms with Gasteiger partial charge in [0.1, 0.15) is 0 Å². The second-order valence-electron chi connectivity index (χ2n) is 8.52. The third kappa shape index (κ3) is 4.54. The molecule has 0 atom stereocenters. The van der Waals surface area contributed by atoms with Crippen LogP contribution in [0.1, 0.15) is 58.1 Å². The van der Waals surface area contributed by atoms with E-state index < -0.39 is 0 Å². The molecule has 146 valence electrons. The molecular weight excluding hydrogens is 356 g/mol. The number of hydrogen-bond acceptors (Lipinski definition) is 4. The molecule has 1 heterocycles. The van der Waals surface area contributed by atoms with Crippen LogP contribution in [0.4, 0.5) is 0 Å². The zero-order valence-electron chi connectivity index (χ0n) is 17.0. The van der Waals surface area contributed by atoms with E-state index in [1.54, 1.807) is 19.0 Å². The van der Waals surface area contributed by atoms with E-state index in [-0.39, 0.29) is 11.3 Å². The molecule has 0 unspecified atom stereocenters. The Bertz CT molecular complexity index is 784. The molecule has 1 aromatic carbocycles.